The molecule has 3 aromatic rings. The summed E-state index contributed by atoms with van der Waals surface area (Å²) >= 11 is 0. The summed E-state index contributed by atoms with van der Waals surface area (Å²) in [5.41, 5.74) is 3.10. The van der Waals surface area contributed by atoms with Gasteiger partial charge in [-0.25, -0.2) is 0 Å². The van der Waals surface area contributed by atoms with Crippen molar-refractivity contribution in [3.8, 4) is 23.0 Å². The number of piperidine rings is 1. The van der Waals surface area contributed by atoms with E-state index in [0.717, 1.165) is 16.7 Å². The summed E-state index contributed by atoms with van der Waals surface area (Å²) in [7, 11) is 6.46. The number of nitrogens with one attached hydrogen (secondary N) is 1. The Kier molecular flexibility index (Phi) is 7.38. The Bertz CT molecular complexity index is 1130. The van der Waals surface area contributed by atoms with Crippen LogP contribution in [0.4, 0.5) is 0 Å². The summed E-state index contributed by atoms with van der Waals surface area (Å²) in [5.74, 6) is 2.61. The van der Waals surface area contributed by atoms with Crippen LogP contribution in [0.5, 0.6) is 23.0 Å². The Hall–Kier alpha value is -3.51. The van der Waals surface area contributed by atoms with Crippen LogP contribution in [0.1, 0.15) is 35.2 Å². The van der Waals surface area contributed by atoms with Crippen molar-refractivity contribution >= 4 is 5.78 Å². The number of hydrogen-bond donors (Lipinski definition) is 1. The lowest BCUT2D eigenvalue weighted by Gasteiger charge is -2.37. The van der Waals surface area contributed by atoms with E-state index in [1.54, 1.807) is 28.4 Å². The van der Waals surface area contributed by atoms with Crippen LogP contribution in [0.15, 0.2) is 66.7 Å². The molecule has 0 bridgehead atoms. The van der Waals surface area contributed by atoms with E-state index in [-0.39, 0.29) is 23.8 Å². The molecule has 4 rings (SSSR count). The van der Waals surface area contributed by atoms with Crippen molar-refractivity contribution in [2.75, 3.05) is 28.4 Å². The van der Waals surface area contributed by atoms with E-state index in [9.17, 15) is 4.79 Å². The molecule has 0 amide bonds. The predicted molar refractivity (Wildman–Crippen MR) is 131 cm³/mol. The number of Topliss-reactive ketones (excluding diaryl/α,β-unsaturated/α-hetero) is 1. The summed E-state index contributed by atoms with van der Waals surface area (Å²) in [5, 5.41) is 3.75. The molecule has 1 saturated heterocycles. The van der Waals surface area contributed by atoms with Crippen LogP contribution in [0.2, 0.25) is 0 Å². The minimum absolute atomic E-state index is 0.155. The van der Waals surface area contributed by atoms with Crippen LogP contribution >= 0.6 is 0 Å². The van der Waals surface area contributed by atoms with Crippen molar-refractivity contribution in [1.29, 1.82) is 0 Å². The van der Waals surface area contributed by atoms with Crippen LogP contribution in [0, 0.1) is 5.92 Å². The zero-order chi connectivity index (χ0) is 24.1. The van der Waals surface area contributed by atoms with Gasteiger partial charge in [-0.3, -0.25) is 4.79 Å². The molecule has 1 aliphatic rings. The fraction of sp³-hybridized carbons (Fsp3) is 0.321. The summed E-state index contributed by atoms with van der Waals surface area (Å²) < 4.78 is 21.8. The molecular weight excluding hydrogens is 430 g/mol. The Labute approximate surface area is 200 Å². The van der Waals surface area contributed by atoms with Gasteiger partial charge in [0.05, 0.1) is 28.4 Å². The first-order valence-corrected chi connectivity index (χ1v) is 11.3. The van der Waals surface area contributed by atoms with E-state index in [0.29, 0.717) is 35.8 Å². The third kappa shape index (κ3) is 4.87. The first-order chi connectivity index (χ1) is 16.6. The average Bonchev–Trinajstić information content (AvgIpc) is 2.89. The number of carbonyl (C=O) groups excluding carboxylic acids is 1. The van der Waals surface area contributed by atoms with Gasteiger partial charge >= 0.3 is 0 Å². The lowest BCUT2D eigenvalue weighted by Crippen LogP contribution is -2.43. The van der Waals surface area contributed by atoms with Gasteiger partial charge in [0.15, 0.2) is 23.0 Å². The molecule has 3 unspecified atom stereocenters. The van der Waals surface area contributed by atoms with Gasteiger partial charge < -0.3 is 24.3 Å². The maximum Gasteiger partial charge on any atom is 0.161 e. The molecule has 0 spiro atoms. The topological polar surface area (TPSA) is 66.0 Å². The monoisotopic (exact) mass is 461 g/mol. The second kappa shape index (κ2) is 10.6. The number of ether oxygens (including phenoxy) is 4. The maximum absolute atomic E-state index is 13.6. The number of benzene rings is 3. The van der Waals surface area contributed by atoms with Gasteiger partial charge in [-0.05, 0) is 47.4 Å². The van der Waals surface area contributed by atoms with Crippen LogP contribution in [-0.4, -0.2) is 34.2 Å². The molecule has 6 heteroatoms. The second-order valence-corrected chi connectivity index (χ2v) is 8.39. The summed E-state index contributed by atoms with van der Waals surface area (Å²) in [4.78, 5) is 13.6. The molecule has 0 radical (unpaired) electrons. The molecule has 0 aromatic heterocycles. The van der Waals surface area contributed by atoms with E-state index in [2.05, 4.69) is 17.4 Å². The lowest BCUT2D eigenvalue weighted by molar-refractivity contribution is -0.126. The van der Waals surface area contributed by atoms with Crippen LogP contribution in [0.3, 0.4) is 0 Å². The highest BCUT2D eigenvalue weighted by Crippen LogP contribution is 2.41. The fourth-order valence-corrected chi connectivity index (χ4v) is 4.69. The minimum Gasteiger partial charge on any atom is -0.493 e. The van der Waals surface area contributed by atoms with Gasteiger partial charge in [-0.2, -0.15) is 0 Å². The van der Waals surface area contributed by atoms with Crippen molar-refractivity contribution in [1.82, 2.24) is 5.32 Å². The molecule has 3 aromatic carbocycles. The van der Waals surface area contributed by atoms with E-state index in [1.165, 1.54) is 0 Å². The highest BCUT2D eigenvalue weighted by Gasteiger charge is 2.38. The molecule has 1 N–H and O–H groups in total. The summed E-state index contributed by atoms with van der Waals surface area (Å²) in [6.45, 7) is 0. The van der Waals surface area contributed by atoms with Gasteiger partial charge in [0.1, 0.15) is 5.78 Å². The van der Waals surface area contributed by atoms with E-state index < -0.39 is 0 Å². The Morgan fingerprint density at radius 3 is 1.88 bits per heavy atom. The first kappa shape index (κ1) is 23.6. The van der Waals surface area contributed by atoms with E-state index in [4.69, 9.17) is 18.9 Å². The first-order valence-electron chi connectivity index (χ1n) is 11.3. The van der Waals surface area contributed by atoms with Crippen molar-refractivity contribution in [3.05, 3.63) is 83.4 Å². The number of ketones is 1. The van der Waals surface area contributed by atoms with Gasteiger partial charge in [0, 0.05) is 24.4 Å². The molecule has 34 heavy (non-hydrogen) atoms. The zero-order valence-corrected chi connectivity index (χ0v) is 20.0. The smallest absolute Gasteiger partial charge is 0.161 e. The Morgan fingerprint density at radius 2 is 1.29 bits per heavy atom. The molecule has 0 saturated carbocycles. The van der Waals surface area contributed by atoms with Crippen molar-refractivity contribution in [2.24, 2.45) is 5.92 Å². The molecule has 0 aliphatic carbocycles. The number of rotatable bonds is 8. The van der Waals surface area contributed by atoms with Gasteiger partial charge in [0.2, 0.25) is 0 Å². The van der Waals surface area contributed by atoms with Crippen molar-refractivity contribution < 1.29 is 23.7 Å². The summed E-state index contributed by atoms with van der Waals surface area (Å²) in [6.07, 6.45) is 1.06. The standard InChI is InChI=1S/C28H31NO5/c1-31-24-12-10-19(15-26(24)33-3)22-17-23(30)21(14-18-8-6-5-7-9-18)28(29-22)20-11-13-25(32-2)27(16-20)34-4/h5-13,15-16,21-22,28-29H,14,17H2,1-4H3. The maximum atomic E-state index is 13.6. The highest BCUT2D eigenvalue weighted by atomic mass is 16.5. The van der Waals surface area contributed by atoms with Gasteiger partial charge in [-0.1, -0.05) is 42.5 Å². The highest BCUT2D eigenvalue weighted by molar-refractivity contribution is 5.84. The molecule has 1 fully saturated rings. The molecule has 1 aliphatic heterocycles. The molecule has 3 atom stereocenters. The van der Waals surface area contributed by atoms with Gasteiger partial charge in [0.25, 0.3) is 0 Å². The van der Waals surface area contributed by atoms with Crippen LogP contribution < -0.4 is 24.3 Å². The quantitative estimate of drug-likeness (QED) is 0.513. The number of carbonyl (C=O) groups is 1. The van der Waals surface area contributed by atoms with Crippen molar-refractivity contribution in [2.45, 2.75) is 24.9 Å². The third-order valence-electron chi connectivity index (χ3n) is 6.48. The fourth-order valence-electron chi connectivity index (χ4n) is 4.69. The van der Waals surface area contributed by atoms with Crippen molar-refractivity contribution in [3.63, 3.8) is 0 Å². The Balaban J connectivity index is 1.71. The lowest BCUT2D eigenvalue weighted by atomic mass is 9.78. The second-order valence-electron chi connectivity index (χ2n) is 8.39. The molecular formula is C28H31NO5. The third-order valence-corrected chi connectivity index (χ3v) is 6.48. The zero-order valence-electron chi connectivity index (χ0n) is 20.0. The normalized spacial score (nSPS) is 20.0. The minimum atomic E-state index is -0.211. The predicted octanol–water partition coefficient (Wildman–Crippen LogP) is 4.92. The number of methoxy groups -OCH3 is 4. The largest absolute Gasteiger partial charge is 0.493 e. The molecule has 1 heterocycles. The SMILES string of the molecule is COc1ccc(C2CC(=O)C(Cc3ccccc3)C(c3ccc(OC)c(OC)c3)N2)cc1OC. The van der Waals surface area contributed by atoms with Gasteiger partial charge in [-0.15, -0.1) is 0 Å². The molecule has 178 valence electrons. The summed E-state index contributed by atoms with van der Waals surface area (Å²) in [6, 6.07) is 21.4. The number of hydrogen-bond acceptors (Lipinski definition) is 6. The van der Waals surface area contributed by atoms with E-state index in [1.807, 2.05) is 54.6 Å². The van der Waals surface area contributed by atoms with Crippen LogP contribution in [-0.2, 0) is 11.2 Å². The van der Waals surface area contributed by atoms with E-state index >= 15 is 0 Å². The average molecular weight is 462 g/mol. The Morgan fingerprint density at radius 1 is 0.735 bits per heavy atom. The molecule has 6 nitrogen and oxygen atoms in total. The van der Waals surface area contributed by atoms with Crippen LogP contribution in [0.25, 0.3) is 0 Å².